The second-order valence-electron chi connectivity index (χ2n) is 4.28. The molecular weight excluding hydrogens is 260 g/mol. The third kappa shape index (κ3) is 4.48. The number of aryl methyl sites for hydroxylation is 1. The van der Waals surface area contributed by atoms with Gasteiger partial charge in [0, 0.05) is 31.4 Å². The fourth-order valence-corrected chi connectivity index (χ4v) is 1.97. The molecule has 2 aromatic heterocycles. The van der Waals surface area contributed by atoms with Crippen LogP contribution < -0.4 is 5.32 Å². The van der Waals surface area contributed by atoms with Crippen molar-refractivity contribution in [1.29, 1.82) is 0 Å². The first-order valence-electron chi connectivity index (χ1n) is 6.44. The van der Waals surface area contributed by atoms with Crippen LogP contribution in [0, 0.1) is 0 Å². The largest absolute Gasteiger partial charge is 0.370 e. The first-order valence-corrected chi connectivity index (χ1v) is 6.82. The van der Waals surface area contributed by atoms with Gasteiger partial charge in [0.1, 0.15) is 16.8 Å². The Bertz CT molecular complexity index is 516. The topological polar surface area (TPSA) is 50.7 Å². The average Bonchev–Trinajstić information content (AvgIpc) is 2.40. The molecule has 0 saturated heterocycles. The van der Waals surface area contributed by atoms with Gasteiger partial charge in [0.05, 0.1) is 0 Å². The van der Waals surface area contributed by atoms with E-state index in [0.717, 1.165) is 37.4 Å². The number of hydrogen-bond acceptors (Lipinski definition) is 4. The summed E-state index contributed by atoms with van der Waals surface area (Å²) in [6.07, 6.45) is 6.40. The van der Waals surface area contributed by atoms with Crippen LogP contribution in [0.1, 0.15) is 24.7 Å². The summed E-state index contributed by atoms with van der Waals surface area (Å²) in [6, 6.07) is 5.75. The third-order valence-corrected chi connectivity index (χ3v) is 2.85. The van der Waals surface area contributed by atoms with Crippen molar-refractivity contribution in [2.45, 2.75) is 26.2 Å². The number of anilines is 1. The molecule has 0 radical (unpaired) electrons. The van der Waals surface area contributed by atoms with E-state index in [-0.39, 0.29) is 0 Å². The average molecular weight is 277 g/mol. The molecule has 0 aromatic carbocycles. The molecule has 0 unspecified atom stereocenters. The fourth-order valence-electron chi connectivity index (χ4n) is 1.77. The maximum Gasteiger partial charge on any atom is 0.134 e. The van der Waals surface area contributed by atoms with Crippen molar-refractivity contribution in [1.82, 2.24) is 15.0 Å². The van der Waals surface area contributed by atoms with Gasteiger partial charge >= 0.3 is 0 Å². The Labute approximate surface area is 118 Å². The molecule has 2 rings (SSSR count). The summed E-state index contributed by atoms with van der Waals surface area (Å²) in [5.74, 6) is 1.58. The van der Waals surface area contributed by atoms with E-state index >= 15 is 0 Å². The molecule has 2 aromatic rings. The number of rotatable bonds is 6. The molecule has 0 spiro atoms. The molecule has 2 heterocycles. The van der Waals surface area contributed by atoms with Crippen LogP contribution in [0.25, 0.3) is 0 Å². The summed E-state index contributed by atoms with van der Waals surface area (Å²) in [5, 5.41) is 3.76. The van der Waals surface area contributed by atoms with Gasteiger partial charge in [0.15, 0.2) is 0 Å². The van der Waals surface area contributed by atoms with E-state index in [0.29, 0.717) is 5.15 Å². The Morgan fingerprint density at radius 2 is 2.16 bits per heavy atom. The molecule has 1 N–H and O–H groups in total. The highest BCUT2D eigenvalue weighted by Gasteiger charge is 2.02. The minimum atomic E-state index is 0.488. The van der Waals surface area contributed by atoms with Gasteiger partial charge in [-0.25, -0.2) is 9.97 Å². The summed E-state index contributed by atoms with van der Waals surface area (Å²) in [7, 11) is 0. The second kappa shape index (κ2) is 7.04. The molecule has 0 fully saturated rings. The van der Waals surface area contributed by atoms with E-state index in [1.807, 2.05) is 12.3 Å². The zero-order chi connectivity index (χ0) is 13.5. The quantitative estimate of drug-likeness (QED) is 0.824. The van der Waals surface area contributed by atoms with Crippen LogP contribution in [0.4, 0.5) is 5.82 Å². The number of nitrogens with one attached hydrogen (secondary N) is 1. The fraction of sp³-hybridized carbons (Fsp3) is 0.357. The van der Waals surface area contributed by atoms with Crippen molar-refractivity contribution in [2.24, 2.45) is 0 Å². The molecule has 0 aliphatic carbocycles. The minimum absolute atomic E-state index is 0.488. The molecule has 0 bridgehead atoms. The van der Waals surface area contributed by atoms with Crippen molar-refractivity contribution < 1.29 is 0 Å². The van der Waals surface area contributed by atoms with Crippen LogP contribution in [0.2, 0.25) is 5.15 Å². The second-order valence-corrected chi connectivity index (χ2v) is 4.67. The molecule has 19 heavy (non-hydrogen) atoms. The molecule has 0 aliphatic heterocycles. The molecule has 5 heteroatoms. The Morgan fingerprint density at radius 1 is 1.26 bits per heavy atom. The molecule has 100 valence electrons. The summed E-state index contributed by atoms with van der Waals surface area (Å²) in [5.41, 5.74) is 1.20. The number of aromatic nitrogens is 3. The lowest BCUT2D eigenvalue weighted by Gasteiger charge is -2.07. The predicted molar refractivity (Wildman–Crippen MR) is 77.5 cm³/mol. The van der Waals surface area contributed by atoms with Gasteiger partial charge in [-0.15, -0.1) is 0 Å². The number of hydrogen-bond donors (Lipinski definition) is 1. The van der Waals surface area contributed by atoms with Crippen LogP contribution in [-0.4, -0.2) is 21.5 Å². The van der Waals surface area contributed by atoms with Gasteiger partial charge in [0.25, 0.3) is 0 Å². The molecular formula is C14H17ClN4. The van der Waals surface area contributed by atoms with E-state index in [2.05, 4.69) is 33.3 Å². The van der Waals surface area contributed by atoms with E-state index < -0.39 is 0 Å². The molecule has 0 amide bonds. The monoisotopic (exact) mass is 276 g/mol. The van der Waals surface area contributed by atoms with Gasteiger partial charge in [-0.05, 0) is 24.5 Å². The number of nitrogens with zero attached hydrogens (tertiary/aromatic N) is 3. The smallest absolute Gasteiger partial charge is 0.134 e. The summed E-state index contributed by atoms with van der Waals surface area (Å²) < 4.78 is 0. The lowest BCUT2D eigenvalue weighted by atomic mass is 10.2. The Morgan fingerprint density at radius 3 is 2.89 bits per heavy atom. The van der Waals surface area contributed by atoms with Crippen LogP contribution in [0.3, 0.4) is 0 Å². The predicted octanol–water partition coefficient (Wildman–Crippen LogP) is 3.13. The SMILES string of the molecule is CCCc1nc(Cl)cc(NCCc2cccnc2)n1. The van der Waals surface area contributed by atoms with E-state index in [9.17, 15) is 0 Å². The molecule has 4 nitrogen and oxygen atoms in total. The summed E-state index contributed by atoms with van der Waals surface area (Å²) in [4.78, 5) is 12.7. The Hall–Kier alpha value is -1.68. The first kappa shape index (κ1) is 13.7. The summed E-state index contributed by atoms with van der Waals surface area (Å²) >= 11 is 5.98. The summed E-state index contributed by atoms with van der Waals surface area (Å²) in [6.45, 7) is 2.89. The molecule has 0 atom stereocenters. The third-order valence-electron chi connectivity index (χ3n) is 2.66. The maximum absolute atomic E-state index is 5.98. The first-order chi connectivity index (χ1) is 9.28. The van der Waals surface area contributed by atoms with Gasteiger partial charge in [-0.1, -0.05) is 24.6 Å². The van der Waals surface area contributed by atoms with Gasteiger partial charge < -0.3 is 5.32 Å². The van der Waals surface area contributed by atoms with Gasteiger partial charge in [-0.2, -0.15) is 0 Å². The van der Waals surface area contributed by atoms with Crippen LogP contribution in [-0.2, 0) is 12.8 Å². The highest BCUT2D eigenvalue weighted by molar-refractivity contribution is 6.29. The normalized spacial score (nSPS) is 10.4. The van der Waals surface area contributed by atoms with Crippen molar-refractivity contribution in [3.63, 3.8) is 0 Å². The number of halogens is 1. The van der Waals surface area contributed by atoms with E-state index in [4.69, 9.17) is 11.6 Å². The van der Waals surface area contributed by atoms with Crippen molar-refractivity contribution in [2.75, 3.05) is 11.9 Å². The van der Waals surface area contributed by atoms with Crippen molar-refractivity contribution in [3.05, 3.63) is 47.1 Å². The lowest BCUT2D eigenvalue weighted by Crippen LogP contribution is -2.08. The van der Waals surface area contributed by atoms with E-state index in [1.54, 1.807) is 12.3 Å². The van der Waals surface area contributed by atoms with E-state index in [1.165, 1.54) is 5.56 Å². The van der Waals surface area contributed by atoms with Crippen molar-refractivity contribution >= 4 is 17.4 Å². The highest BCUT2D eigenvalue weighted by atomic mass is 35.5. The lowest BCUT2D eigenvalue weighted by molar-refractivity contribution is 0.833. The van der Waals surface area contributed by atoms with Crippen LogP contribution in [0.15, 0.2) is 30.6 Å². The Balaban J connectivity index is 1.92. The van der Waals surface area contributed by atoms with Crippen molar-refractivity contribution in [3.8, 4) is 0 Å². The molecule has 0 aliphatic rings. The number of pyridine rings is 1. The van der Waals surface area contributed by atoms with Crippen LogP contribution >= 0.6 is 11.6 Å². The minimum Gasteiger partial charge on any atom is -0.370 e. The zero-order valence-electron chi connectivity index (χ0n) is 10.9. The zero-order valence-corrected chi connectivity index (χ0v) is 11.7. The van der Waals surface area contributed by atoms with Gasteiger partial charge in [-0.3, -0.25) is 4.98 Å². The highest BCUT2D eigenvalue weighted by Crippen LogP contribution is 2.12. The van der Waals surface area contributed by atoms with Crippen LogP contribution in [0.5, 0.6) is 0 Å². The molecule has 0 saturated carbocycles. The standard InChI is InChI=1S/C14H17ClN4/c1-2-4-13-18-12(15)9-14(19-13)17-8-6-11-5-3-7-16-10-11/h3,5,7,9-10H,2,4,6,8H2,1H3,(H,17,18,19). The van der Waals surface area contributed by atoms with Gasteiger partial charge in [0.2, 0.25) is 0 Å². The Kier molecular flexibility index (Phi) is 5.10. The maximum atomic E-state index is 5.98.